The van der Waals surface area contributed by atoms with Crippen LogP contribution in [0, 0.1) is 5.92 Å². The van der Waals surface area contributed by atoms with Gasteiger partial charge < -0.3 is 15.4 Å². The van der Waals surface area contributed by atoms with E-state index in [0.717, 1.165) is 32.1 Å². The van der Waals surface area contributed by atoms with Gasteiger partial charge in [0.05, 0.1) is 12.6 Å². The molecule has 1 heterocycles. The Balaban J connectivity index is 1.61. The average Bonchev–Trinajstić information content (AvgIpc) is 2.72. The molecule has 0 aliphatic carbocycles. The van der Waals surface area contributed by atoms with Gasteiger partial charge in [0.1, 0.15) is 0 Å². The molecule has 2 aromatic rings. The Morgan fingerprint density at radius 3 is 2.50 bits per heavy atom. The van der Waals surface area contributed by atoms with Crippen molar-refractivity contribution in [1.29, 1.82) is 0 Å². The van der Waals surface area contributed by atoms with E-state index in [1.54, 1.807) is 0 Å². The molecule has 138 valence electrons. The summed E-state index contributed by atoms with van der Waals surface area (Å²) >= 11 is 0. The van der Waals surface area contributed by atoms with E-state index in [-0.39, 0.29) is 6.10 Å². The van der Waals surface area contributed by atoms with Gasteiger partial charge >= 0.3 is 0 Å². The lowest BCUT2D eigenvalue weighted by molar-refractivity contribution is -0.0265. The van der Waals surface area contributed by atoms with Crippen LogP contribution in [-0.2, 0) is 11.3 Å². The first-order chi connectivity index (χ1) is 12.9. The van der Waals surface area contributed by atoms with E-state index in [1.807, 2.05) is 6.07 Å². The van der Waals surface area contributed by atoms with Gasteiger partial charge in [0, 0.05) is 25.6 Å². The van der Waals surface area contributed by atoms with Gasteiger partial charge in [-0.1, -0.05) is 60.7 Å². The summed E-state index contributed by atoms with van der Waals surface area (Å²) in [4.78, 5) is 4.72. The van der Waals surface area contributed by atoms with Crippen molar-refractivity contribution in [3.8, 4) is 0 Å². The topological polar surface area (TPSA) is 45.7 Å². The van der Waals surface area contributed by atoms with Gasteiger partial charge in [0.2, 0.25) is 0 Å². The molecule has 2 unspecified atom stereocenters. The number of guanidine groups is 1. The van der Waals surface area contributed by atoms with E-state index in [2.05, 4.69) is 72.2 Å². The van der Waals surface area contributed by atoms with Crippen LogP contribution >= 0.6 is 0 Å². The molecule has 1 aliphatic heterocycles. The molecule has 4 heteroatoms. The van der Waals surface area contributed by atoms with E-state index in [1.165, 1.54) is 17.5 Å². The zero-order valence-corrected chi connectivity index (χ0v) is 15.5. The van der Waals surface area contributed by atoms with E-state index in [4.69, 9.17) is 9.73 Å². The molecule has 0 spiro atoms. The Morgan fingerprint density at radius 1 is 1.04 bits per heavy atom. The lowest BCUT2D eigenvalue weighted by Gasteiger charge is -2.32. The summed E-state index contributed by atoms with van der Waals surface area (Å²) in [7, 11) is 0. The Labute approximate surface area is 156 Å². The molecule has 4 nitrogen and oxygen atoms in total. The van der Waals surface area contributed by atoms with Crippen LogP contribution in [0.4, 0.5) is 0 Å². The van der Waals surface area contributed by atoms with Crippen LogP contribution in [0.2, 0.25) is 0 Å². The predicted molar refractivity (Wildman–Crippen MR) is 107 cm³/mol. The summed E-state index contributed by atoms with van der Waals surface area (Å²) in [6.45, 7) is 5.33. The summed E-state index contributed by atoms with van der Waals surface area (Å²) in [6.07, 6.45) is 2.45. The average molecular weight is 351 g/mol. The van der Waals surface area contributed by atoms with Crippen LogP contribution in [0.25, 0.3) is 0 Å². The van der Waals surface area contributed by atoms with Crippen LogP contribution in [0.15, 0.2) is 65.7 Å². The fourth-order valence-electron chi connectivity index (χ4n) is 3.39. The van der Waals surface area contributed by atoms with Crippen molar-refractivity contribution in [3.05, 3.63) is 71.8 Å². The molecule has 0 aromatic heterocycles. The van der Waals surface area contributed by atoms with Crippen LogP contribution in [0.1, 0.15) is 37.0 Å². The molecule has 0 saturated carbocycles. The lowest BCUT2D eigenvalue weighted by atomic mass is 9.89. The molecule has 0 radical (unpaired) electrons. The standard InChI is InChI=1S/C22H29N3O/c1-2-23-22(24-16-18-10-5-3-6-11-18)25-17-20-14-9-15-26-21(20)19-12-7-4-8-13-19/h3-8,10-13,20-21H,2,9,14-17H2,1H3,(H2,23,24,25). The molecule has 2 aromatic carbocycles. The highest BCUT2D eigenvalue weighted by Crippen LogP contribution is 2.32. The number of hydrogen-bond donors (Lipinski definition) is 2. The minimum atomic E-state index is 0.162. The van der Waals surface area contributed by atoms with Gasteiger partial charge in [-0.25, -0.2) is 4.99 Å². The van der Waals surface area contributed by atoms with Crippen molar-refractivity contribution in [1.82, 2.24) is 10.6 Å². The highest BCUT2D eigenvalue weighted by atomic mass is 16.5. The van der Waals surface area contributed by atoms with Crippen molar-refractivity contribution in [3.63, 3.8) is 0 Å². The summed E-state index contributed by atoms with van der Waals surface area (Å²) in [5.41, 5.74) is 2.48. The molecule has 3 rings (SSSR count). The SMILES string of the molecule is CCNC(=NCc1ccccc1)NCC1CCCOC1c1ccccc1. The van der Waals surface area contributed by atoms with E-state index < -0.39 is 0 Å². The van der Waals surface area contributed by atoms with Gasteiger partial charge in [-0.3, -0.25) is 0 Å². The zero-order valence-electron chi connectivity index (χ0n) is 15.5. The quantitative estimate of drug-likeness (QED) is 0.613. The maximum atomic E-state index is 6.10. The van der Waals surface area contributed by atoms with Crippen molar-refractivity contribution in [2.75, 3.05) is 19.7 Å². The molecule has 2 atom stereocenters. The number of rotatable bonds is 6. The molecule has 0 amide bonds. The second kappa shape index (κ2) is 9.97. The number of aliphatic imine (C=N–C) groups is 1. The molecule has 1 fully saturated rings. The smallest absolute Gasteiger partial charge is 0.191 e. The molecule has 0 bridgehead atoms. The first-order valence-electron chi connectivity index (χ1n) is 9.59. The largest absolute Gasteiger partial charge is 0.373 e. The number of benzene rings is 2. The van der Waals surface area contributed by atoms with Gasteiger partial charge in [-0.05, 0) is 30.9 Å². The van der Waals surface area contributed by atoms with E-state index in [0.29, 0.717) is 12.5 Å². The van der Waals surface area contributed by atoms with Crippen LogP contribution in [0.5, 0.6) is 0 Å². The Bertz CT molecular complexity index is 672. The zero-order chi connectivity index (χ0) is 18.0. The fraction of sp³-hybridized carbons (Fsp3) is 0.409. The molecule has 1 aliphatic rings. The lowest BCUT2D eigenvalue weighted by Crippen LogP contribution is -2.42. The Hall–Kier alpha value is -2.33. The maximum absolute atomic E-state index is 6.10. The number of nitrogens with one attached hydrogen (secondary N) is 2. The monoisotopic (exact) mass is 351 g/mol. The van der Waals surface area contributed by atoms with Crippen LogP contribution < -0.4 is 10.6 Å². The van der Waals surface area contributed by atoms with Gasteiger partial charge in [0.25, 0.3) is 0 Å². The first-order valence-corrected chi connectivity index (χ1v) is 9.59. The highest BCUT2D eigenvalue weighted by molar-refractivity contribution is 5.79. The van der Waals surface area contributed by atoms with Crippen molar-refractivity contribution in [2.45, 2.75) is 32.4 Å². The molecule has 1 saturated heterocycles. The maximum Gasteiger partial charge on any atom is 0.191 e. The van der Waals surface area contributed by atoms with Gasteiger partial charge in [0.15, 0.2) is 5.96 Å². The summed E-state index contributed by atoms with van der Waals surface area (Å²) in [6, 6.07) is 20.9. The minimum absolute atomic E-state index is 0.162. The summed E-state index contributed by atoms with van der Waals surface area (Å²) in [5.74, 6) is 1.32. The van der Waals surface area contributed by atoms with Crippen molar-refractivity contribution < 1.29 is 4.74 Å². The third kappa shape index (κ3) is 5.33. The van der Waals surface area contributed by atoms with Crippen molar-refractivity contribution in [2.24, 2.45) is 10.9 Å². The van der Waals surface area contributed by atoms with E-state index >= 15 is 0 Å². The Morgan fingerprint density at radius 2 is 1.77 bits per heavy atom. The fourth-order valence-corrected chi connectivity index (χ4v) is 3.39. The number of nitrogens with zero attached hydrogens (tertiary/aromatic N) is 1. The van der Waals surface area contributed by atoms with E-state index in [9.17, 15) is 0 Å². The predicted octanol–water partition coefficient (Wildman–Crippen LogP) is 3.91. The summed E-state index contributed by atoms with van der Waals surface area (Å²) < 4.78 is 6.10. The third-order valence-electron chi connectivity index (χ3n) is 4.71. The third-order valence-corrected chi connectivity index (χ3v) is 4.71. The molecular weight excluding hydrogens is 322 g/mol. The number of ether oxygens (including phenoxy) is 1. The second-order valence-electron chi connectivity index (χ2n) is 6.67. The second-order valence-corrected chi connectivity index (χ2v) is 6.67. The van der Waals surface area contributed by atoms with Crippen LogP contribution in [-0.4, -0.2) is 25.7 Å². The van der Waals surface area contributed by atoms with Crippen molar-refractivity contribution >= 4 is 5.96 Å². The number of hydrogen-bond acceptors (Lipinski definition) is 2. The summed E-state index contributed by atoms with van der Waals surface area (Å²) in [5, 5.41) is 6.86. The Kier molecular flexibility index (Phi) is 7.08. The minimum Gasteiger partial charge on any atom is -0.373 e. The molecular formula is C22H29N3O. The molecule has 2 N–H and O–H groups in total. The highest BCUT2D eigenvalue weighted by Gasteiger charge is 2.27. The van der Waals surface area contributed by atoms with Crippen LogP contribution in [0.3, 0.4) is 0 Å². The molecule has 26 heavy (non-hydrogen) atoms. The van der Waals surface area contributed by atoms with Gasteiger partial charge in [-0.15, -0.1) is 0 Å². The van der Waals surface area contributed by atoms with Gasteiger partial charge in [-0.2, -0.15) is 0 Å². The normalized spacial score (nSPS) is 20.6. The first kappa shape index (κ1) is 18.5.